The molecule has 0 atom stereocenters. The van der Waals surface area contributed by atoms with Gasteiger partial charge in [-0.1, -0.05) is 61.8 Å². The first kappa shape index (κ1) is 25.7. The molecule has 0 N–H and O–H groups in total. The zero-order valence-corrected chi connectivity index (χ0v) is 21.9. The third kappa shape index (κ3) is 6.83. The Hall–Kier alpha value is -3.42. The van der Waals surface area contributed by atoms with Crippen molar-refractivity contribution in [3.05, 3.63) is 94.0 Å². The van der Waals surface area contributed by atoms with Gasteiger partial charge in [0.05, 0.1) is 0 Å². The van der Waals surface area contributed by atoms with E-state index in [4.69, 9.17) is 21.1 Å². The summed E-state index contributed by atoms with van der Waals surface area (Å²) in [4.78, 5) is 14.9. The molecular formula is C31H32ClNO3. The molecule has 1 heterocycles. The zero-order chi connectivity index (χ0) is 25.5. The minimum absolute atomic E-state index is 0.349. The molecule has 4 rings (SSSR count). The van der Waals surface area contributed by atoms with E-state index in [0.717, 1.165) is 36.3 Å². The maximum atomic E-state index is 12.6. The molecule has 0 aromatic heterocycles. The number of cyclic esters (lactones) is 1. The largest absolute Gasteiger partial charge is 0.452 e. The Kier molecular flexibility index (Phi) is 8.23. The van der Waals surface area contributed by atoms with Crippen LogP contribution in [0.2, 0.25) is 5.02 Å². The lowest BCUT2D eigenvalue weighted by Gasteiger charge is -2.33. The Balaban J connectivity index is 1.51. The van der Waals surface area contributed by atoms with Crippen molar-refractivity contribution in [2.24, 2.45) is 0 Å². The van der Waals surface area contributed by atoms with Crippen molar-refractivity contribution in [3.8, 4) is 17.6 Å². The molecule has 36 heavy (non-hydrogen) atoms. The van der Waals surface area contributed by atoms with Gasteiger partial charge in [0, 0.05) is 48.8 Å². The van der Waals surface area contributed by atoms with Gasteiger partial charge in [0.15, 0.2) is 0 Å². The average Bonchev–Trinajstić information content (AvgIpc) is 2.85. The van der Waals surface area contributed by atoms with Gasteiger partial charge in [-0.3, -0.25) is 0 Å². The molecule has 0 unspecified atom stereocenters. The third-order valence-corrected chi connectivity index (χ3v) is 6.30. The highest BCUT2D eigenvalue weighted by Crippen LogP contribution is 2.34. The standard InChI is InChI=1S/C31H32ClNO3/c1-4-5-6-7-20-33(27-18-19-29-28(21-27)30(34)36-31(2,3)35-29)22-25-12-10-23(11-13-25)8-9-24-14-16-26(32)17-15-24/h10-19,21H,4-7,20,22H2,1-3H3. The van der Waals surface area contributed by atoms with E-state index >= 15 is 0 Å². The molecule has 0 radical (unpaired) electrons. The maximum Gasteiger partial charge on any atom is 0.345 e. The van der Waals surface area contributed by atoms with Crippen molar-refractivity contribution >= 4 is 23.3 Å². The summed E-state index contributed by atoms with van der Waals surface area (Å²) < 4.78 is 11.3. The first-order chi connectivity index (χ1) is 17.3. The normalized spacial score (nSPS) is 13.6. The van der Waals surface area contributed by atoms with E-state index in [1.165, 1.54) is 24.8 Å². The summed E-state index contributed by atoms with van der Waals surface area (Å²) in [6, 6.07) is 21.6. The lowest BCUT2D eigenvalue weighted by atomic mass is 10.1. The smallest absolute Gasteiger partial charge is 0.345 e. The number of anilines is 1. The van der Waals surface area contributed by atoms with Crippen LogP contribution in [0.3, 0.4) is 0 Å². The van der Waals surface area contributed by atoms with Gasteiger partial charge in [-0.2, -0.15) is 0 Å². The SMILES string of the molecule is CCCCCCN(Cc1ccc(C#Cc2ccc(Cl)cc2)cc1)c1ccc2c(c1)C(=O)OC(C)(C)O2. The van der Waals surface area contributed by atoms with E-state index in [9.17, 15) is 4.79 Å². The number of carbonyl (C=O) groups is 1. The van der Waals surface area contributed by atoms with Crippen molar-refractivity contribution in [2.45, 2.75) is 58.8 Å². The van der Waals surface area contributed by atoms with Crippen LogP contribution in [0.25, 0.3) is 0 Å². The number of fused-ring (bicyclic) bond motifs is 1. The number of esters is 1. The van der Waals surface area contributed by atoms with E-state index in [1.807, 2.05) is 54.6 Å². The fourth-order valence-electron chi connectivity index (χ4n) is 4.15. The molecular weight excluding hydrogens is 470 g/mol. The van der Waals surface area contributed by atoms with Gasteiger partial charge in [-0.15, -0.1) is 0 Å². The van der Waals surface area contributed by atoms with Gasteiger partial charge in [0.25, 0.3) is 0 Å². The van der Waals surface area contributed by atoms with Crippen LogP contribution >= 0.6 is 11.6 Å². The Morgan fingerprint density at radius 1 is 0.861 bits per heavy atom. The summed E-state index contributed by atoms with van der Waals surface area (Å²) in [6.07, 6.45) is 4.67. The fourth-order valence-corrected chi connectivity index (χ4v) is 4.27. The predicted octanol–water partition coefficient (Wildman–Crippen LogP) is 7.61. The van der Waals surface area contributed by atoms with Crippen LogP contribution in [0.4, 0.5) is 5.69 Å². The second-order valence-electron chi connectivity index (χ2n) is 9.51. The van der Waals surface area contributed by atoms with E-state index < -0.39 is 5.79 Å². The second-order valence-corrected chi connectivity index (χ2v) is 9.94. The van der Waals surface area contributed by atoms with Crippen LogP contribution in [0.1, 0.15) is 73.5 Å². The van der Waals surface area contributed by atoms with Gasteiger partial charge in [0.2, 0.25) is 5.79 Å². The number of benzene rings is 3. The molecule has 4 nitrogen and oxygen atoms in total. The summed E-state index contributed by atoms with van der Waals surface area (Å²) in [7, 11) is 0. The molecule has 0 saturated heterocycles. The Morgan fingerprint density at radius 2 is 1.53 bits per heavy atom. The number of halogens is 1. The van der Waals surface area contributed by atoms with Crippen LogP contribution in [0, 0.1) is 11.8 Å². The Morgan fingerprint density at radius 3 is 2.19 bits per heavy atom. The molecule has 0 saturated carbocycles. The number of ether oxygens (including phenoxy) is 2. The summed E-state index contributed by atoms with van der Waals surface area (Å²) in [6.45, 7) is 7.33. The summed E-state index contributed by atoms with van der Waals surface area (Å²) in [5.41, 5.74) is 4.52. The van der Waals surface area contributed by atoms with Gasteiger partial charge >= 0.3 is 5.97 Å². The maximum absolute atomic E-state index is 12.6. The average molecular weight is 502 g/mol. The van der Waals surface area contributed by atoms with Gasteiger partial charge in [-0.25, -0.2) is 4.79 Å². The summed E-state index contributed by atoms with van der Waals surface area (Å²) in [5, 5.41) is 0.705. The number of hydrogen-bond acceptors (Lipinski definition) is 4. The van der Waals surface area contributed by atoms with Crippen molar-refractivity contribution < 1.29 is 14.3 Å². The van der Waals surface area contributed by atoms with E-state index in [-0.39, 0.29) is 5.97 Å². The topological polar surface area (TPSA) is 38.8 Å². The predicted molar refractivity (Wildman–Crippen MR) is 146 cm³/mol. The van der Waals surface area contributed by atoms with E-state index in [0.29, 0.717) is 16.3 Å². The second kappa shape index (κ2) is 11.5. The minimum Gasteiger partial charge on any atom is -0.452 e. The lowest BCUT2D eigenvalue weighted by Crippen LogP contribution is -2.39. The summed E-state index contributed by atoms with van der Waals surface area (Å²) in [5.74, 6) is 5.65. The number of hydrogen-bond donors (Lipinski definition) is 0. The Labute approximate surface area is 219 Å². The molecule has 3 aromatic carbocycles. The number of nitrogens with zero attached hydrogens (tertiary/aromatic N) is 1. The molecule has 1 aliphatic rings. The van der Waals surface area contributed by atoms with Crippen molar-refractivity contribution in [3.63, 3.8) is 0 Å². The van der Waals surface area contributed by atoms with Crippen LogP contribution in [-0.4, -0.2) is 18.3 Å². The highest BCUT2D eigenvalue weighted by molar-refractivity contribution is 6.30. The molecule has 0 spiro atoms. The molecule has 0 aliphatic carbocycles. The first-order valence-corrected chi connectivity index (χ1v) is 12.9. The van der Waals surface area contributed by atoms with Crippen LogP contribution in [-0.2, 0) is 11.3 Å². The van der Waals surface area contributed by atoms with Crippen LogP contribution in [0.15, 0.2) is 66.7 Å². The fraction of sp³-hybridized carbons (Fsp3) is 0.323. The van der Waals surface area contributed by atoms with Crippen molar-refractivity contribution in [1.82, 2.24) is 0 Å². The first-order valence-electron chi connectivity index (χ1n) is 12.5. The third-order valence-electron chi connectivity index (χ3n) is 6.05. The number of unbranched alkanes of at least 4 members (excludes halogenated alkanes) is 3. The van der Waals surface area contributed by atoms with Crippen molar-refractivity contribution in [1.29, 1.82) is 0 Å². The van der Waals surface area contributed by atoms with Gasteiger partial charge in [0.1, 0.15) is 11.3 Å². The molecule has 186 valence electrons. The molecule has 5 heteroatoms. The van der Waals surface area contributed by atoms with Crippen LogP contribution in [0.5, 0.6) is 5.75 Å². The van der Waals surface area contributed by atoms with Gasteiger partial charge < -0.3 is 14.4 Å². The van der Waals surface area contributed by atoms with E-state index in [1.54, 1.807) is 13.8 Å². The highest BCUT2D eigenvalue weighted by atomic mass is 35.5. The molecule has 3 aromatic rings. The molecule has 0 amide bonds. The highest BCUT2D eigenvalue weighted by Gasteiger charge is 2.34. The van der Waals surface area contributed by atoms with E-state index in [2.05, 4.69) is 35.8 Å². The minimum atomic E-state index is -0.955. The van der Waals surface area contributed by atoms with Gasteiger partial charge in [-0.05, 0) is 66.6 Å². The quantitative estimate of drug-likeness (QED) is 0.181. The zero-order valence-electron chi connectivity index (χ0n) is 21.1. The molecule has 1 aliphatic heterocycles. The number of rotatable bonds is 8. The van der Waals surface area contributed by atoms with Crippen LogP contribution < -0.4 is 9.64 Å². The van der Waals surface area contributed by atoms with Crippen molar-refractivity contribution in [2.75, 3.05) is 11.4 Å². The lowest BCUT2D eigenvalue weighted by molar-refractivity contribution is -0.127. The number of carbonyl (C=O) groups excluding carboxylic acids is 1. The summed E-state index contributed by atoms with van der Waals surface area (Å²) >= 11 is 5.95. The monoisotopic (exact) mass is 501 g/mol. The molecule has 0 fully saturated rings. The Bertz CT molecular complexity index is 1250. The molecule has 0 bridgehead atoms.